The van der Waals surface area contributed by atoms with E-state index in [1.54, 1.807) is 24.7 Å². The summed E-state index contributed by atoms with van der Waals surface area (Å²) in [7, 11) is 1.58. The summed E-state index contributed by atoms with van der Waals surface area (Å²) in [5.41, 5.74) is 8.50. The zero-order valence-corrected chi connectivity index (χ0v) is 25.2. The molecule has 0 saturated heterocycles. The maximum absolute atomic E-state index is 13.5. The molecule has 0 saturated carbocycles. The Morgan fingerprint density at radius 1 is 1.13 bits per heavy atom. The number of hydrazone groups is 1. The highest BCUT2D eigenvalue weighted by Crippen LogP contribution is 2.38. The van der Waals surface area contributed by atoms with Crippen LogP contribution in [0.15, 0.2) is 58.1 Å². The van der Waals surface area contributed by atoms with Gasteiger partial charge >= 0.3 is 0 Å². The van der Waals surface area contributed by atoms with E-state index < -0.39 is 0 Å². The van der Waals surface area contributed by atoms with Gasteiger partial charge in [-0.15, -0.1) is 11.3 Å². The number of thiophene rings is 1. The van der Waals surface area contributed by atoms with E-state index in [0.717, 1.165) is 68.8 Å². The monoisotopic (exact) mass is 625 g/mol. The minimum Gasteiger partial charge on any atom is -0.493 e. The predicted molar refractivity (Wildman–Crippen MR) is 161 cm³/mol. The molecule has 0 unspecified atom stereocenters. The number of carbonyl (C=O) groups is 1. The average molecular weight is 627 g/mol. The van der Waals surface area contributed by atoms with E-state index >= 15 is 0 Å². The molecule has 4 aromatic rings. The fraction of sp³-hybridized carbons (Fsp3) is 0.267. The van der Waals surface area contributed by atoms with E-state index in [1.807, 2.05) is 36.4 Å². The van der Waals surface area contributed by atoms with Crippen molar-refractivity contribution in [2.24, 2.45) is 5.10 Å². The van der Waals surface area contributed by atoms with Crippen molar-refractivity contribution in [1.29, 1.82) is 0 Å². The maximum atomic E-state index is 13.5. The summed E-state index contributed by atoms with van der Waals surface area (Å²) < 4.78 is 14.5. The Labute approximate surface area is 245 Å². The number of hydrogen-bond donors (Lipinski definition) is 1. The lowest BCUT2D eigenvalue weighted by Gasteiger charge is -2.14. The third-order valence-electron chi connectivity index (χ3n) is 6.85. The minimum absolute atomic E-state index is 0.198. The molecule has 1 aliphatic rings. The third kappa shape index (κ3) is 5.78. The van der Waals surface area contributed by atoms with Crippen LogP contribution in [0.5, 0.6) is 11.5 Å². The molecule has 2 heterocycles. The van der Waals surface area contributed by atoms with Crippen LogP contribution in [0.3, 0.4) is 0 Å². The van der Waals surface area contributed by atoms with E-state index in [-0.39, 0.29) is 5.91 Å². The van der Waals surface area contributed by atoms with Gasteiger partial charge in [0.15, 0.2) is 11.5 Å². The second-order valence-corrected chi connectivity index (χ2v) is 11.8. The summed E-state index contributed by atoms with van der Waals surface area (Å²) >= 11 is 11.6. The number of aryl methyl sites for hydroxylation is 3. The molecular formula is C30H29BrClN3O3S. The van der Waals surface area contributed by atoms with Gasteiger partial charge in [0, 0.05) is 36.9 Å². The Morgan fingerprint density at radius 2 is 1.87 bits per heavy atom. The van der Waals surface area contributed by atoms with Crippen molar-refractivity contribution in [3.8, 4) is 16.5 Å². The molecule has 1 amide bonds. The zero-order chi connectivity index (χ0) is 27.5. The summed E-state index contributed by atoms with van der Waals surface area (Å²) in [5.74, 6) is 0.916. The number of rotatable bonds is 8. The molecule has 9 heteroatoms. The lowest BCUT2D eigenvalue weighted by molar-refractivity contribution is 0.0954. The second-order valence-electron chi connectivity index (χ2n) is 9.45. The first-order chi connectivity index (χ1) is 18.9. The molecule has 0 bridgehead atoms. The van der Waals surface area contributed by atoms with Crippen molar-refractivity contribution in [3.05, 3.63) is 96.5 Å². The quantitative estimate of drug-likeness (QED) is 0.160. The molecule has 6 nitrogen and oxygen atoms in total. The van der Waals surface area contributed by atoms with Gasteiger partial charge in [0.2, 0.25) is 0 Å². The Kier molecular flexibility index (Phi) is 8.45. The number of hydrogen-bond acceptors (Lipinski definition) is 5. The molecule has 5 rings (SSSR count). The lowest BCUT2D eigenvalue weighted by Crippen LogP contribution is -2.21. The van der Waals surface area contributed by atoms with Gasteiger partial charge in [-0.1, -0.05) is 29.8 Å². The second kappa shape index (κ2) is 12.0. The van der Waals surface area contributed by atoms with E-state index in [2.05, 4.69) is 57.0 Å². The number of nitrogens with zero attached hydrogens (tertiary/aromatic N) is 2. The number of halogens is 2. The molecule has 0 radical (unpaired) electrons. The number of amides is 1. The number of ether oxygens (including phenoxy) is 2. The highest BCUT2D eigenvalue weighted by Gasteiger charge is 2.27. The van der Waals surface area contributed by atoms with E-state index in [1.165, 1.54) is 4.88 Å². The fourth-order valence-electron chi connectivity index (χ4n) is 4.84. The Hall–Kier alpha value is -3.07. The van der Waals surface area contributed by atoms with Crippen LogP contribution < -0.4 is 14.9 Å². The molecule has 1 aliphatic carbocycles. The van der Waals surface area contributed by atoms with E-state index in [4.69, 9.17) is 21.1 Å². The van der Waals surface area contributed by atoms with Gasteiger partial charge in [0.05, 0.1) is 18.9 Å². The van der Waals surface area contributed by atoms with Crippen molar-refractivity contribution < 1.29 is 14.3 Å². The van der Waals surface area contributed by atoms with Crippen LogP contribution in [-0.4, -0.2) is 23.8 Å². The minimum atomic E-state index is -0.198. The zero-order valence-electron chi connectivity index (χ0n) is 22.0. The first-order valence-electron chi connectivity index (χ1n) is 12.7. The fourth-order valence-corrected chi connectivity index (χ4v) is 6.96. The Bertz CT molecular complexity index is 1540. The molecule has 0 fully saturated rings. The van der Waals surface area contributed by atoms with Gasteiger partial charge in [-0.2, -0.15) is 5.10 Å². The van der Waals surface area contributed by atoms with Crippen LogP contribution >= 0.6 is 38.9 Å². The van der Waals surface area contributed by atoms with Gasteiger partial charge in [0.1, 0.15) is 11.6 Å². The Balaban J connectivity index is 1.36. The molecule has 0 aliphatic heterocycles. The van der Waals surface area contributed by atoms with Gasteiger partial charge < -0.3 is 14.0 Å². The van der Waals surface area contributed by atoms with Crippen LogP contribution in [0.1, 0.15) is 56.2 Å². The van der Waals surface area contributed by atoms with Gasteiger partial charge in [-0.05, 0) is 91.4 Å². The van der Waals surface area contributed by atoms with Crippen LogP contribution in [0.25, 0.3) is 5.00 Å². The highest BCUT2D eigenvalue weighted by molar-refractivity contribution is 9.10. The molecular weight excluding hydrogens is 598 g/mol. The predicted octanol–water partition coefficient (Wildman–Crippen LogP) is 7.80. The molecule has 202 valence electrons. The number of nitrogens with one attached hydrogen (secondary N) is 1. The molecule has 0 spiro atoms. The van der Waals surface area contributed by atoms with Crippen molar-refractivity contribution >= 4 is 51.0 Å². The number of fused-ring (bicyclic) bond motifs is 1. The summed E-state index contributed by atoms with van der Waals surface area (Å²) in [5, 5.41) is 5.93. The van der Waals surface area contributed by atoms with Crippen molar-refractivity contribution in [2.45, 2.75) is 46.1 Å². The molecule has 39 heavy (non-hydrogen) atoms. The number of carbonyl (C=O) groups excluding carboxylic acids is 1. The standard InChI is InChI=1S/C30H29BrClN3O3S/c1-18-12-13-19(2)35(18)30-28(22-9-5-7-11-27(22)39-30)29(36)34-33-16-21-14-25(37-3)26(15-23(21)31)38-17-20-8-4-6-10-24(20)32/h4,6,8,10,12-16H,5,7,9,11,17H2,1-3H3,(H,34,36). The number of aromatic nitrogens is 1. The third-order valence-corrected chi connectivity index (χ3v) is 9.18. The number of methoxy groups -OCH3 is 1. The highest BCUT2D eigenvalue weighted by atomic mass is 79.9. The first-order valence-corrected chi connectivity index (χ1v) is 14.7. The summed E-state index contributed by atoms with van der Waals surface area (Å²) in [6.45, 7) is 4.44. The summed E-state index contributed by atoms with van der Waals surface area (Å²) in [4.78, 5) is 14.8. The summed E-state index contributed by atoms with van der Waals surface area (Å²) in [6.07, 6.45) is 5.78. The lowest BCUT2D eigenvalue weighted by atomic mass is 9.95. The van der Waals surface area contributed by atoms with Gasteiger partial charge in [-0.3, -0.25) is 4.79 Å². The van der Waals surface area contributed by atoms with Crippen LogP contribution in [0, 0.1) is 13.8 Å². The smallest absolute Gasteiger partial charge is 0.274 e. The van der Waals surface area contributed by atoms with E-state index in [0.29, 0.717) is 23.1 Å². The van der Waals surface area contributed by atoms with Gasteiger partial charge in [-0.25, -0.2) is 5.43 Å². The number of benzene rings is 2. The molecule has 2 aromatic heterocycles. The van der Waals surface area contributed by atoms with Crippen molar-refractivity contribution in [3.63, 3.8) is 0 Å². The molecule has 0 atom stereocenters. The van der Waals surface area contributed by atoms with Gasteiger partial charge in [0.25, 0.3) is 5.91 Å². The first kappa shape index (κ1) is 27.5. The van der Waals surface area contributed by atoms with Crippen LogP contribution in [0.2, 0.25) is 5.02 Å². The average Bonchev–Trinajstić information content (AvgIpc) is 3.47. The normalized spacial score (nSPS) is 12.9. The largest absolute Gasteiger partial charge is 0.493 e. The Morgan fingerprint density at radius 3 is 2.62 bits per heavy atom. The topological polar surface area (TPSA) is 64.8 Å². The molecule has 1 N–H and O–H groups in total. The van der Waals surface area contributed by atoms with Crippen molar-refractivity contribution in [1.82, 2.24) is 9.99 Å². The van der Waals surface area contributed by atoms with Crippen LogP contribution in [-0.2, 0) is 19.4 Å². The SMILES string of the molecule is COc1cc(C=NNC(=O)c2c(-n3c(C)ccc3C)sc3c2CCCC3)c(Br)cc1OCc1ccccc1Cl. The van der Waals surface area contributed by atoms with Crippen molar-refractivity contribution in [2.75, 3.05) is 7.11 Å². The molecule has 2 aromatic carbocycles. The van der Waals surface area contributed by atoms with Crippen LogP contribution in [0.4, 0.5) is 0 Å². The summed E-state index contributed by atoms with van der Waals surface area (Å²) in [6, 6.07) is 15.4. The maximum Gasteiger partial charge on any atom is 0.274 e. The van der Waals surface area contributed by atoms with E-state index in [9.17, 15) is 4.79 Å².